The van der Waals surface area contributed by atoms with E-state index < -0.39 is 17.7 Å². The molecule has 1 fully saturated rings. The molecule has 1 amide bonds. The van der Waals surface area contributed by atoms with Crippen molar-refractivity contribution in [3.63, 3.8) is 0 Å². The summed E-state index contributed by atoms with van der Waals surface area (Å²) in [4.78, 5) is 27.4. The van der Waals surface area contributed by atoms with Gasteiger partial charge < -0.3 is 29.0 Å². The molecule has 1 atom stereocenters. The van der Waals surface area contributed by atoms with Gasteiger partial charge in [-0.25, -0.2) is 0 Å². The number of aliphatic hydroxyl groups excluding tert-OH is 1. The Kier molecular flexibility index (Phi) is 7.95. The summed E-state index contributed by atoms with van der Waals surface area (Å²) < 4.78 is 21.5. The first-order chi connectivity index (χ1) is 16.0. The van der Waals surface area contributed by atoms with Crippen molar-refractivity contribution in [2.75, 3.05) is 41.1 Å². The average Bonchev–Trinajstić information content (AvgIpc) is 3.10. The van der Waals surface area contributed by atoms with Crippen molar-refractivity contribution in [3.05, 3.63) is 59.2 Å². The van der Waals surface area contributed by atoms with Crippen molar-refractivity contribution in [3.8, 4) is 17.2 Å². The molecule has 0 saturated carbocycles. The van der Waals surface area contributed by atoms with E-state index in [4.69, 9.17) is 18.9 Å². The summed E-state index contributed by atoms with van der Waals surface area (Å²) in [6, 6.07) is 11.1. The lowest BCUT2D eigenvalue weighted by Gasteiger charge is -2.25. The van der Waals surface area contributed by atoms with Gasteiger partial charge in [-0.1, -0.05) is 25.1 Å². The molecule has 176 valence electrons. The van der Waals surface area contributed by atoms with E-state index in [9.17, 15) is 14.7 Å². The molecule has 33 heavy (non-hydrogen) atoms. The molecule has 0 radical (unpaired) electrons. The van der Waals surface area contributed by atoms with Gasteiger partial charge in [-0.2, -0.15) is 0 Å². The van der Waals surface area contributed by atoms with Crippen molar-refractivity contribution in [2.45, 2.75) is 19.4 Å². The Morgan fingerprint density at radius 2 is 1.76 bits per heavy atom. The van der Waals surface area contributed by atoms with Crippen LogP contribution in [-0.4, -0.2) is 62.8 Å². The van der Waals surface area contributed by atoms with E-state index in [0.29, 0.717) is 35.0 Å². The van der Waals surface area contributed by atoms with E-state index in [1.54, 1.807) is 42.5 Å². The van der Waals surface area contributed by atoms with E-state index in [2.05, 4.69) is 0 Å². The minimum Gasteiger partial charge on any atom is -0.507 e. The number of ketones is 1. The normalized spacial score (nSPS) is 17.3. The molecule has 0 bridgehead atoms. The van der Waals surface area contributed by atoms with E-state index in [1.807, 2.05) is 6.92 Å². The number of aliphatic hydroxyl groups is 1. The molecule has 8 nitrogen and oxygen atoms in total. The first kappa shape index (κ1) is 24.1. The lowest BCUT2D eigenvalue weighted by Crippen LogP contribution is -2.32. The largest absolute Gasteiger partial charge is 0.507 e. The van der Waals surface area contributed by atoms with Crippen LogP contribution in [0.25, 0.3) is 5.76 Å². The molecule has 1 N–H and O–H groups in total. The minimum absolute atomic E-state index is 0.00374. The molecule has 0 aliphatic carbocycles. The van der Waals surface area contributed by atoms with Gasteiger partial charge in [0, 0.05) is 19.2 Å². The van der Waals surface area contributed by atoms with E-state index in [-0.39, 0.29) is 24.5 Å². The topological polar surface area (TPSA) is 94.5 Å². The molecule has 2 aromatic carbocycles. The van der Waals surface area contributed by atoms with Crippen LogP contribution in [0.5, 0.6) is 17.2 Å². The Hall–Kier alpha value is -3.52. The second-order valence-corrected chi connectivity index (χ2v) is 7.48. The maximum absolute atomic E-state index is 13.1. The molecule has 1 aliphatic rings. The van der Waals surface area contributed by atoms with Crippen LogP contribution < -0.4 is 14.2 Å². The molecule has 2 aromatic rings. The highest BCUT2D eigenvalue weighted by Gasteiger charge is 2.46. The Bertz CT molecular complexity index is 1050. The first-order valence-electron chi connectivity index (χ1n) is 10.7. The molecule has 8 heteroatoms. The lowest BCUT2D eigenvalue weighted by atomic mass is 9.95. The van der Waals surface area contributed by atoms with E-state index >= 15 is 0 Å². The molecular weight excluding hydrogens is 426 g/mol. The summed E-state index contributed by atoms with van der Waals surface area (Å²) in [6.45, 7) is 2.93. The van der Waals surface area contributed by atoms with Gasteiger partial charge in [0.25, 0.3) is 11.7 Å². The van der Waals surface area contributed by atoms with E-state index in [0.717, 1.165) is 6.42 Å². The van der Waals surface area contributed by atoms with Gasteiger partial charge in [-0.05, 0) is 36.2 Å². The van der Waals surface area contributed by atoms with Crippen LogP contribution >= 0.6 is 0 Å². The summed E-state index contributed by atoms with van der Waals surface area (Å²) in [5.41, 5.74) is 0.984. The monoisotopic (exact) mass is 455 g/mol. The van der Waals surface area contributed by atoms with Crippen LogP contribution in [0.2, 0.25) is 0 Å². The van der Waals surface area contributed by atoms with Crippen LogP contribution in [0.3, 0.4) is 0 Å². The number of ether oxygens (including phenoxy) is 4. The number of methoxy groups -OCH3 is 3. The predicted molar refractivity (Wildman–Crippen MR) is 123 cm³/mol. The number of hydrogen-bond donors (Lipinski definition) is 1. The van der Waals surface area contributed by atoms with Gasteiger partial charge in [0.2, 0.25) is 0 Å². The van der Waals surface area contributed by atoms with Gasteiger partial charge in [0.15, 0.2) is 11.5 Å². The Labute approximate surface area is 193 Å². The zero-order valence-corrected chi connectivity index (χ0v) is 19.3. The smallest absolute Gasteiger partial charge is 0.295 e. The third kappa shape index (κ3) is 4.96. The number of hydrogen-bond acceptors (Lipinski definition) is 7. The standard InChI is InChI=1S/C25H29NO7/c1-5-12-33-18-8-6-7-17(14-18)23(27)21-22(26(11-13-30-2)25(29)24(21)28)16-9-10-19(31-3)20(15-16)32-4/h6-10,14-15,22,27H,5,11-13H2,1-4H3/b23-21-. The quantitative estimate of drug-likeness (QED) is 0.333. The lowest BCUT2D eigenvalue weighted by molar-refractivity contribution is -0.140. The number of nitrogens with zero attached hydrogens (tertiary/aromatic N) is 1. The third-order valence-corrected chi connectivity index (χ3v) is 5.38. The second kappa shape index (κ2) is 10.9. The fourth-order valence-electron chi connectivity index (χ4n) is 3.78. The molecule has 1 aliphatic heterocycles. The number of Topliss-reactive ketones (excluding diaryl/α,β-unsaturated/α-hetero) is 1. The molecule has 0 spiro atoms. The van der Waals surface area contributed by atoms with Crippen molar-refractivity contribution in [1.82, 2.24) is 4.90 Å². The molecule has 0 aromatic heterocycles. The summed E-state index contributed by atoms with van der Waals surface area (Å²) in [5, 5.41) is 11.2. The minimum atomic E-state index is -0.819. The van der Waals surface area contributed by atoms with Crippen molar-refractivity contribution in [1.29, 1.82) is 0 Å². The number of benzene rings is 2. The summed E-state index contributed by atoms with van der Waals surface area (Å²) in [5.74, 6) is -0.208. The molecular formula is C25H29NO7. The van der Waals surface area contributed by atoms with Gasteiger partial charge in [-0.15, -0.1) is 0 Å². The molecule has 1 saturated heterocycles. The molecule has 1 heterocycles. The Morgan fingerprint density at radius 1 is 1.00 bits per heavy atom. The van der Waals surface area contributed by atoms with Crippen molar-refractivity contribution in [2.24, 2.45) is 0 Å². The SMILES string of the molecule is CCCOc1cccc(/C(O)=C2/C(=O)C(=O)N(CCOC)C2c2ccc(OC)c(OC)c2)c1. The zero-order valence-electron chi connectivity index (χ0n) is 19.3. The first-order valence-corrected chi connectivity index (χ1v) is 10.7. The van der Waals surface area contributed by atoms with Crippen molar-refractivity contribution < 1.29 is 33.6 Å². The molecule has 3 rings (SSSR count). The fourth-order valence-corrected chi connectivity index (χ4v) is 3.78. The second-order valence-electron chi connectivity index (χ2n) is 7.48. The highest BCUT2D eigenvalue weighted by atomic mass is 16.5. The number of amides is 1. The molecule has 1 unspecified atom stereocenters. The number of likely N-dealkylation sites (tertiary alicyclic amines) is 1. The average molecular weight is 456 g/mol. The maximum atomic E-state index is 13.1. The van der Waals surface area contributed by atoms with Gasteiger partial charge in [0.1, 0.15) is 11.5 Å². The summed E-state index contributed by atoms with van der Waals surface area (Å²) >= 11 is 0. The fraction of sp³-hybridized carbons (Fsp3) is 0.360. The van der Waals surface area contributed by atoms with Crippen LogP contribution in [0.15, 0.2) is 48.0 Å². The number of carbonyl (C=O) groups is 2. The zero-order chi connectivity index (χ0) is 24.0. The summed E-state index contributed by atoms with van der Waals surface area (Å²) in [6.07, 6.45) is 0.833. The highest BCUT2D eigenvalue weighted by Crippen LogP contribution is 2.42. The highest BCUT2D eigenvalue weighted by molar-refractivity contribution is 6.46. The van der Waals surface area contributed by atoms with Crippen LogP contribution in [0, 0.1) is 0 Å². The van der Waals surface area contributed by atoms with Gasteiger partial charge in [0.05, 0.1) is 39.0 Å². The Morgan fingerprint density at radius 3 is 2.42 bits per heavy atom. The van der Waals surface area contributed by atoms with Gasteiger partial charge in [-0.3, -0.25) is 9.59 Å². The van der Waals surface area contributed by atoms with Crippen molar-refractivity contribution >= 4 is 17.4 Å². The third-order valence-electron chi connectivity index (χ3n) is 5.38. The van der Waals surface area contributed by atoms with E-state index in [1.165, 1.54) is 26.2 Å². The number of rotatable bonds is 10. The van der Waals surface area contributed by atoms with Crippen LogP contribution in [0.1, 0.15) is 30.5 Å². The van der Waals surface area contributed by atoms with Crippen LogP contribution in [-0.2, 0) is 14.3 Å². The summed E-state index contributed by atoms with van der Waals surface area (Å²) in [7, 11) is 4.55. The predicted octanol–water partition coefficient (Wildman–Crippen LogP) is 3.56. The maximum Gasteiger partial charge on any atom is 0.295 e. The number of carbonyl (C=O) groups excluding carboxylic acids is 2. The van der Waals surface area contributed by atoms with Gasteiger partial charge >= 0.3 is 0 Å². The Balaban J connectivity index is 2.15. The van der Waals surface area contributed by atoms with Crippen LogP contribution in [0.4, 0.5) is 0 Å².